The number of carbonyl (C=O) groups excluding carboxylic acids is 1. The van der Waals surface area contributed by atoms with Crippen LogP contribution in [0.15, 0.2) is 6.20 Å². The zero-order chi connectivity index (χ0) is 13.2. The SMILES string of the molecule is Cc1c(C(=O)N(C)CC(C)(C)CN)cnn1C.Cl. The maximum Gasteiger partial charge on any atom is 0.257 e. The van der Waals surface area contributed by atoms with Crippen molar-refractivity contribution in [2.24, 2.45) is 18.2 Å². The van der Waals surface area contributed by atoms with Gasteiger partial charge in [0.05, 0.1) is 11.8 Å². The summed E-state index contributed by atoms with van der Waals surface area (Å²) in [6.07, 6.45) is 1.61. The predicted octanol–water partition coefficient (Wildman–Crippen LogP) is 1.21. The molecule has 18 heavy (non-hydrogen) atoms. The third kappa shape index (κ3) is 3.71. The largest absolute Gasteiger partial charge is 0.341 e. The molecule has 0 fully saturated rings. The van der Waals surface area contributed by atoms with Crippen LogP contribution in [0.1, 0.15) is 29.9 Å². The maximum atomic E-state index is 12.2. The van der Waals surface area contributed by atoms with E-state index >= 15 is 0 Å². The van der Waals surface area contributed by atoms with E-state index in [-0.39, 0.29) is 23.7 Å². The molecule has 2 N–H and O–H groups in total. The Balaban J connectivity index is 0.00000289. The van der Waals surface area contributed by atoms with Crippen molar-refractivity contribution in [3.05, 3.63) is 17.5 Å². The molecule has 0 saturated carbocycles. The number of aryl methyl sites for hydroxylation is 1. The lowest BCUT2D eigenvalue weighted by Gasteiger charge is -2.28. The van der Waals surface area contributed by atoms with Crippen LogP contribution >= 0.6 is 12.4 Å². The molecule has 0 radical (unpaired) electrons. The van der Waals surface area contributed by atoms with Crippen LogP contribution in [-0.2, 0) is 7.05 Å². The average Bonchev–Trinajstić information content (AvgIpc) is 2.58. The second-order valence-corrected chi connectivity index (χ2v) is 5.30. The van der Waals surface area contributed by atoms with E-state index in [1.807, 2.05) is 27.8 Å². The van der Waals surface area contributed by atoms with E-state index in [9.17, 15) is 4.79 Å². The Hall–Kier alpha value is -1.07. The van der Waals surface area contributed by atoms with E-state index in [0.29, 0.717) is 18.7 Å². The summed E-state index contributed by atoms with van der Waals surface area (Å²) in [7, 11) is 3.63. The zero-order valence-corrected chi connectivity index (χ0v) is 12.5. The van der Waals surface area contributed by atoms with Gasteiger partial charge >= 0.3 is 0 Å². The van der Waals surface area contributed by atoms with Crippen LogP contribution in [0.3, 0.4) is 0 Å². The topological polar surface area (TPSA) is 64.2 Å². The fourth-order valence-electron chi connectivity index (χ4n) is 1.69. The van der Waals surface area contributed by atoms with Gasteiger partial charge in [-0.05, 0) is 18.9 Å². The molecule has 0 aliphatic heterocycles. The molecule has 0 aliphatic rings. The van der Waals surface area contributed by atoms with Gasteiger partial charge in [0.25, 0.3) is 5.91 Å². The highest BCUT2D eigenvalue weighted by Gasteiger charge is 2.23. The Morgan fingerprint density at radius 2 is 2.11 bits per heavy atom. The van der Waals surface area contributed by atoms with E-state index in [2.05, 4.69) is 5.10 Å². The summed E-state index contributed by atoms with van der Waals surface area (Å²) < 4.78 is 1.70. The Labute approximate surface area is 115 Å². The number of nitrogens with two attached hydrogens (primary N) is 1. The fourth-order valence-corrected chi connectivity index (χ4v) is 1.69. The zero-order valence-electron chi connectivity index (χ0n) is 11.7. The quantitative estimate of drug-likeness (QED) is 0.898. The van der Waals surface area contributed by atoms with Crippen molar-refractivity contribution in [2.75, 3.05) is 20.1 Å². The van der Waals surface area contributed by atoms with Gasteiger partial charge in [-0.25, -0.2) is 0 Å². The second-order valence-electron chi connectivity index (χ2n) is 5.30. The van der Waals surface area contributed by atoms with Gasteiger partial charge in [-0.1, -0.05) is 13.8 Å². The summed E-state index contributed by atoms with van der Waals surface area (Å²) in [4.78, 5) is 13.9. The number of hydrogen-bond acceptors (Lipinski definition) is 3. The Morgan fingerprint density at radius 1 is 1.56 bits per heavy atom. The number of nitrogens with zero attached hydrogens (tertiary/aromatic N) is 3. The Morgan fingerprint density at radius 3 is 2.50 bits per heavy atom. The maximum absolute atomic E-state index is 12.2. The number of rotatable bonds is 4. The molecule has 0 atom stereocenters. The summed E-state index contributed by atoms with van der Waals surface area (Å²) in [5.41, 5.74) is 7.14. The van der Waals surface area contributed by atoms with Crippen LogP contribution in [0.25, 0.3) is 0 Å². The highest BCUT2D eigenvalue weighted by Crippen LogP contribution is 2.16. The normalized spacial score (nSPS) is 11.0. The lowest BCUT2D eigenvalue weighted by atomic mass is 9.93. The first-order valence-electron chi connectivity index (χ1n) is 5.72. The van der Waals surface area contributed by atoms with Crippen molar-refractivity contribution in [2.45, 2.75) is 20.8 Å². The highest BCUT2D eigenvalue weighted by atomic mass is 35.5. The van der Waals surface area contributed by atoms with Crippen molar-refractivity contribution in [1.29, 1.82) is 0 Å². The molecule has 1 aromatic heterocycles. The molecule has 5 nitrogen and oxygen atoms in total. The number of aromatic nitrogens is 2. The minimum atomic E-state index is -0.0689. The molecule has 1 heterocycles. The summed E-state index contributed by atoms with van der Waals surface area (Å²) >= 11 is 0. The van der Waals surface area contributed by atoms with Gasteiger partial charge in [-0.3, -0.25) is 9.48 Å². The number of amides is 1. The molecule has 0 aromatic carbocycles. The summed E-state index contributed by atoms with van der Waals surface area (Å²) in [5.74, 6) is -0.00266. The lowest BCUT2D eigenvalue weighted by Crippen LogP contribution is -2.39. The third-order valence-corrected chi connectivity index (χ3v) is 3.03. The van der Waals surface area contributed by atoms with E-state index in [0.717, 1.165) is 5.69 Å². The first kappa shape index (κ1) is 16.9. The molecule has 0 bridgehead atoms. The molecule has 0 aliphatic carbocycles. The monoisotopic (exact) mass is 274 g/mol. The molecular formula is C12H23ClN4O. The van der Waals surface area contributed by atoms with Crippen LogP contribution < -0.4 is 5.73 Å². The van der Waals surface area contributed by atoms with E-state index < -0.39 is 0 Å². The molecule has 1 amide bonds. The van der Waals surface area contributed by atoms with Gasteiger partial charge in [-0.2, -0.15) is 5.10 Å². The average molecular weight is 275 g/mol. The van der Waals surface area contributed by atoms with Crippen LogP contribution in [0.4, 0.5) is 0 Å². The summed E-state index contributed by atoms with van der Waals surface area (Å²) in [6, 6.07) is 0. The van der Waals surface area contributed by atoms with Crippen molar-refractivity contribution in [3.8, 4) is 0 Å². The molecule has 0 saturated heterocycles. The van der Waals surface area contributed by atoms with Crippen LogP contribution in [0, 0.1) is 12.3 Å². The van der Waals surface area contributed by atoms with Gasteiger partial charge < -0.3 is 10.6 Å². The highest BCUT2D eigenvalue weighted by molar-refractivity contribution is 5.94. The smallest absolute Gasteiger partial charge is 0.257 e. The molecule has 0 spiro atoms. The molecular weight excluding hydrogens is 252 g/mol. The lowest BCUT2D eigenvalue weighted by molar-refractivity contribution is 0.0739. The van der Waals surface area contributed by atoms with Crippen molar-refractivity contribution >= 4 is 18.3 Å². The van der Waals surface area contributed by atoms with Crippen molar-refractivity contribution in [1.82, 2.24) is 14.7 Å². The van der Waals surface area contributed by atoms with Gasteiger partial charge in [0.2, 0.25) is 0 Å². The first-order valence-corrected chi connectivity index (χ1v) is 5.72. The molecule has 104 valence electrons. The second kappa shape index (κ2) is 6.20. The number of carbonyl (C=O) groups is 1. The van der Waals surface area contributed by atoms with Crippen LogP contribution in [0.5, 0.6) is 0 Å². The fraction of sp³-hybridized carbons (Fsp3) is 0.667. The molecule has 0 unspecified atom stereocenters. The predicted molar refractivity (Wildman–Crippen MR) is 75.0 cm³/mol. The van der Waals surface area contributed by atoms with Gasteiger partial charge in [-0.15, -0.1) is 12.4 Å². The van der Waals surface area contributed by atoms with Crippen molar-refractivity contribution < 1.29 is 4.79 Å². The summed E-state index contributed by atoms with van der Waals surface area (Å²) in [5, 5.41) is 4.08. The van der Waals surface area contributed by atoms with Gasteiger partial charge in [0.15, 0.2) is 0 Å². The van der Waals surface area contributed by atoms with Gasteiger partial charge in [0.1, 0.15) is 0 Å². The van der Waals surface area contributed by atoms with Crippen LogP contribution in [0.2, 0.25) is 0 Å². The van der Waals surface area contributed by atoms with E-state index in [1.165, 1.54) is 0 Å². The third-order valence-electron chi connectivity index (χ3n) is 3.03. The summed E-state index contributed by atoms with van der Waals surface area (Å²) in [6.45, 7) is 7.18. The molecule has 1 aromatic rings. The Bertz CT molecular complexity index is 414. The number of halogens is 1. The number of hydrogen-bond donors (Lipinski definition) is 1. The standard InChI is InChI=1S/C12H22N4O.ClH/c1-9-10(6-14-16(9)5)11(17)15(4)8-12(2,3)7-13;/h6H,7-8,13H2,1-5H3;1H. The Kier molecular flexibility index (Phi) is 5.83. The van der Waals surface area contributed by atoms with Crippen molar-refractivity contribution in [3.63, 3.8) is 0 Å². The molecule has 1 rings (SSSR count). The van der Waals surface area contributed by atoms with Gasteiger partial charge in [0, 0.05) is 26.3 Å². The van der Waals surface area contributed by atoms with Crippen LogP contribution in [-0.4, -0.2) is 40.7 Å². The first-order chi connectivity index (χ1) is 7.78. The minimum absolute atomic E-state index is 0. The molecule has 6 heteroatoms. The van der Waals surface area contributed by atoms with E-state index in [4.69, 9.17) is 5.73 Å². The minimum Gasteiger partial charge on any atom is -0.341 e. The van der Waals surface area contributed by atoms with E-state index in [1.54, 1.807) is 22.8 Å².